The van der Waals surface area contributed by atoms with Crippen LogP contribution in [0.3, 0.4) is 0 Å². The zero-order chi connectivity index (χ0) is 18.6. The van der Waals surface area contributed by atoms with Gasteiger partial charge in [-0.2, -0.15) is 0 Å². The second-order valence-corrected chi connectivity index (χ2v) is 6.28. The Morgan fingerprint density at radius 3 is 1.26 bits per heavy atom. The molecular formula is C24H17NO2. The molecule has 0 fully saturated rings. The van der Waals surface area contributed by atoms with Crippen LogP contribution < -0.4 is 0 Å². The molecule has 3 nitrogen and oxygen atoms in total. The molecule has 0 aliphatic rings. The molecule has 130 valence electrons. The van der Waals surface area contributed by atoms with Crippen LogP contribution in [0.15, 0.2) is 103 Å². The van der Waals surface area contributed by atoms with Gasteiger partial charge in [0.05, 0.1) is 16.1 Å². The summed E-state index contributed by atoms with van der Waals surface area (Å²) in [4.78, 5) is 11.8. The lowest BCUT2D eigenvalue weighted by Crippen LogP contribution is -1.97. The third kappa shape index (κ3) is 3.35. The summed E-state index contributed by atoms with van der Waals surface area (Å²) in [5.74, 6) is 0. The molecule has 0 aliphatic carbocycles. The van der Waals surface area contributed by atoms with Crippen molar-refractivity contribution in [2.24, 2.45) is 0 Å². The van der Waals surface area contributed by atoms with E-state index in [4.69, 9.17) is 0 Å². The van der Waals surface area contributed by atoms with Crippen LogP contribution in [0.5, 0.6) is 0 Å². The molecule has 0 atom stereocenters. The van der Waals surface area contributed by atoms with Gasteiger partial charge in [-0.1, -0.05) is 91.0 Å². The first-order valence-electron chi connectivity index (χ1n) is 8.73. The first-order chi connectivity index (χ1) is 13.2. The highest BCUT2D eigenvalue weighted by atomic mass is 16.6. The van der Waals surface area contributed by atoms with Gasteiger partial charge in [0.15, 0.2) is 0 Å². The number of hydrogen-bond donors (Lipinski definition) is 0. The Bertz CT molecular complexity index is 1010. The Morgan fingerprint density at radius 2 is 0.889 bits per heavy atom. The Morgan fingerprint density at radius 1 is 0.519 bits per heavy atom. The summed E-state index contributed by atoms with van der Waals surface area (Å²) < 4.78 is 0. The van der Waals surface area contributed by atoms with Gasteiger partial charge >= 0.3 is 0 Å². The van der Waals surface area contributed by atoms with Gasteiger partial charge in [0.25, 0.3) is 5.69 Å². The maximum Gasteiger partial charge on any atom is 0.284 e. The molecule has 0 unspecified atom stereocenters. The van der Waals surface area contributed by atoms with Crippen molar-refractivity contribution in [2.45, 2.75) is 0 Å². The van der Waals surface area contributed by atoms with Crippen molar-refractivity contribution in [3.05, 3.63) is 113 Å². The summed E-state index contributed by atoms with van der Waals surface area (Å²) >= 11 is 0. The van der Waals surface area contributed by atoms with E-state index in [9.17, 15) is 10.1 Å². The minimum Gasteiger partial charge on any atom is -0.258 e. The zero-order valence-corrected chi connectivity index (χ0v) is 14.6. The third-order valence-electron chi connectivity index (χ3n) is 4.57. The molecule has 0 saturated carbocycles. The topological polar surface area (TPSA) is 43.1 Å². The van der Waals surface area contributed by atoms with Crippen LogP contribution in [-0.2, 0) is 0 Å². The summed E-state index contributed by atoms with van der Waals surface area (Å²) in [6, 6.07) is 32.8. The minimum absolute atomic E-state index is 0.132. The van der Waals surface area contributed by atoms with Gasteiger partial charge in [-0.25, -0.2) is 0 Å². The van der Waals surface area contributed by atoms with Crippen molar-refractivity contribution >= 4 is 5.69 Å². The molecule has 0 spiro atoms. The highest BCUT2D eigenvalue weighted by Gasteiger charge is 2.23. The normalized spacial score (nSPS) is 10.5. The van der Waals surface area contributed by atoms with Crippen molar-refractivity contribution in [2.75, 3.05) is 0 Å². The highest BCUT2D eigenvalue weighted by Crippen LogP contribution is 2.42. The average molecular weight is 351 g/mol. The molecule has 0 N–H and O–H groups in total. The average Bonchev–Trinajstić information content (AvgIpc) is 2.74. The van der Waals surface area contributed by atoms with Crippen molar-refractivity contribution in [3.63, 3.8) is 0 Å². The van der Waals surface area contributed by atoms with Gasteiger partial charge in [0, 0.05) is 0 Å². The molecule has 4 aromatic carbocycles. The molecule has 3 heteroatoms. The van der Waals surface area contributed by atoms with Crippen LogP contribution in [0.2, 0.25) is 0 Å². The van der Waals surface area contributed by atoms with E-state index in [1.165, 1.54) is 0 Å². The number of benzene rings is 4. The maximum absolute atomic E-state index is 12.0. The lowest BCUT2D eigenvalue weighted by atomic mass is 9.91. The van der Waals surface area contributed by atoms with Gasteiger partial charge in [0.1, 0.15) is 0 Å². The summed E-state index contributed by atoms with van der Waals surface area (Å²) in [7, 11) is 0. The van der Waals surface area contributed by atoms with Crippen LogP contribution in [0.25, 0.3) is 33.4 Å². The van der Waals surface area contributed by atoms with E-state index in [0.29, 0.717) is 11.1 Å². The summed E-state index contributed by atoms with van der Waals surface area (Å²) in [5.41, 5.74) is 5.03. The van der Waals surface area contributed by atoms with Crippen LogP contribution >= 0.6 is 0 Å². The van der Waals surface area contributed by atoms with E-state index in [1.807, 2.05) is 103 Å². The van der Waals surface area contributed by atoms with Crippen molar-refractivity contribution in [1.82, 2.24) is 0 Å². The third-order valence-corrected chi connectivity index (χ3v) is 4.57. The monoisotopic (exact) mass is 351 g/mol. The number of hydrogen-bond acceptors (Lipinski definition) is 2. The van der Waals surface area contributed by atoms with E-state index in [0.717, 1.165) is 22.3 Å². The second-order valence-electron chi connectivity index (χ2n) is 6.28. The fraction of sp³-hybridized carbons (Fsp3) is 0. The zero-order valence-electron chi connectivity index (χ0n) is 14.6. The van der Waals surface area contributed by atoms with Crippen molar-refractivity contribution in [3.8, 4) is 33.4 Å². The highest BCUT2D eigenvalue weighted by molar-refractivity contribution is 5.90. The summed E-state index contributed by atoms with van der Waals surface area (Å²) in [6.45, 7) is 0. The molecule has 0 heterocycles. The van der Waals surface area contributed by atoms with Gasteiger partial charge < -0.3 is 0 Å². The fourth-order valence-corrected chi connectivity index (χ4v) is 3.30. The summed E-state index contributed by atoms with van der Waals surface area (Å²) in [6.07, 6.45) is 0. The number of nitro groups is 1. The van der Waals surface area contributed by atoms with E-state index in [2.05, 4.69) is 0 Å². The van der Waals surface area contributed by atoms with Crippen molar-refractivity contribution < 1.29 is 4.92 Å². The molecule has 0 bridgehead atoms. The van der Waals surface area contributed by atoms with Crippen LogP contribution in [-0.4, -0.2) is 4.92 Å². The quantitative estimate of drug-likeness (QED) is 0.307. The predicted octanol–water partition coefficient (Wildman–Crippen LogP) is 6.60. The minimum atomic E-state index is -0.278. The van der Waals surface area contributed by atoms with E-state index >= 15 is 0 Å². The van der Waals surface area contributed by atoms with Gasteiger partial charge in [-0.05, 0) is 34.4 Å². The Labute approximate surface area is 157 Å². The number of nitrogens with zero attached hydrogens (tertiary/aromatic N) is 1. The van der Waals surface area contributed by atoms with Crippen LogP contribution in [0.4, 0.5) is 5.69 Å². The first kappa shape index (κ1) is 16.7. The predicted molar refractivity (Wildman–Crippen MR) is 109 cm³/mol. The second kappa shape index (κ2) is 7.26. The largest absolute Gasteiger partial charge is 0.284 e. The molecule has 27 heavy (non-hydrogen) atoms. The molecule has 4 aromatic rings. The molecule has 0 saturated heterocycles. The SMILES string of the molecule is O=[N+]([O-])c1c(-c2ccccc2)cc(-c2ccccc2)cc1-c1ccccc1. The standard InChI is InChI=1S/C24H17NO2/c26-25(27)24-22(19-12-6-2-7-13-19)16-21(18-10-4-1-5-11-18)17-23(24)20-14-8-3-9-15-20/h1-17H. The molecule has 4 rings (SSSR count). The Kier molecular flexibility index (Phi) is 4.50. The molecule has 0 amide bonds. The smallest absolute Gasteiger partial charge is 0.258 e. The lowest BCUT2D eigenvalue weighted by Gasteiger charge is -2.12. The van der Waals surface area contributed by atoms with Gasteiger partial charge in [-0.15, -0.1) is 0 Å². The van der Waals surface area contributed by atoms with Crippen molar-refractivity contribution in [1.29, 1.82) is 0 Å². The lowest BCUT2D eigenvalue weighted by molar-refractivity contribution is -0.383. The first-order valence-corrected chi connectivity index (χ1v) is 8.73. The molecular weight excluding hydrogens is 334 g/mol. The number of rotatable bonds is 4. The maximum atomic E-state index is 12.0. The van der Waals surface area contributed by atoms with Gasteiger partial charge in [-0.3, -0.25) is 10.1 Å². The van der Waals surface area contributed by atoms with Crippen LogP contribution in [0.1, 0.15) is 0 Å². The molecule has 0 radical (unpaired) electrons. The van der Waals surface area contributed by atoms with Gasteiger partial charge in [0.2, 0.25) is 0 Å². The summed E-state index contributed by atoms with van der Waals surface area (Å²) in [5, 5.41) is 12.0. The Hall–Kier alpha value is -3.72. The molecule has 0 aromatic heterocycles. The number of nitro benzene ring substituents is 1. The van der Waals surface area contributed by atoms with Crippen LogP contribution in [0, 0.1) is 10.1 Å². The van der Waals surface area contributed by atoms with E-state index in [-0.39, 0.29) is 10.6 Å². The van der Waals surface area contributed by atoms with E-state index in [1.54, 1.807) is 0 Å². The molecule has 0 aliphatic heterocycles. The fourth-order valence-electron chi connectivity index (χ4n) is 3.30. The Balaban J connectivity index is 2.06. The van der Waals surface area contributed by atoms with E-state index < -0.39 is 0 Å².